The highest BCUT2D eigenvalue weighted by atomic mass is 32.8. The van der Waals surface area contributed by atoms with E-state index < -0.39 is 30.2 Å². The van der Waals surface area contributed by atoms with Crippen LogP contribution in [-0.4, -0.2) is 61.3 Å². The highest BCUT2D eigenvalue weighted by Crippen LogP contribution is 2.56. The van der Waals surface area contributed by atoms with Crippen molar-refractivity contribution in [2.75, 3.05) is 27.7 Å². The van der Waals surface area contributed by atoms with Gasteiger partial charge in [0.05, 0.1) is 31.9 Å². The molecule has 0 aromatic carbocycles. The summed E-state index contributed by atoms with van der Waals surface area (Å²) in [7, 11) is -3.03. The molecule has 0 aromatic rings. The monoisotopic (exact) mass is 296 g/mol. The molecule has 2 unspecified atom stereocenters. The smallest absolute Gasteiger partial charge is 0.534 e. The van der Waals surface area contributed by atoms with Crippen LogP contribution in [0.25, 0.3) is 0 Å². The second-order valence-electron chi connectivity index (χ2n) is 4.28. The predicted molar refractivity (Wildman–Crippen MR) is 58.9 cm³/mol. The highest BCUT2D eigenvalue weighted by molar-refractivity contribution is 8.50. The Balaban J connectivity index is 5.14. The van der Waals surface area contributed by atoms with Gasteiger partial charge in [0.25, 0.3) is 4.99 Å². The first kappa shape index (κ1) is 16.6. The minimum absolute atomic E-state index is 0.0293. The second kappa shape index (κ2) is 5.06. The Morgan fingerprint density at radius 1 is 1.19 bits per heavy atom. The zero-order chi connectivity index (χ0) is 13.4. The summed E-state index contributed by atoms with van der Waals surface area (Å²) in [6, 6.07) is 0. The van der Waals surface area contributed by atoms with Gasteiger partial charge in [-0.1, -0.05) is 0 Å². The Labute approximate surface area is 96.1 Å². The molecule has 16 heavy (non-hydrogen) atoms. The van der Waals surface area contributed by atoms with Crippen LogP contribution in [0.4, 0.5) is 0 Å². The fraction of sp³-hybridized carbons (Fsp3) is 1.00. The fourth-order valence-electron chi connectivity index (χ4n) is 0.915. The normalized spacial score (nSPS) is 18.2. The molecule has 8 nitrogen and oxygen atoms in total. The third kappa shape index (κ3) is 5.77. The van der Waals surface area contributed by atoms with E-state index in [-0.39, 0.29) is 11.0 Å². The molecule has 0 spiro atoms. The van der Waals surface area contributed by atoms with Crippen molar-refractivity contribution in [2.45, 2.75) is 4.99 Å². The van der Waals surface area contributed by atoms with Crippen molar-refractivity contribution in [3.05, 3.63) is 0 Å². The maximum Gasteiger partial charge on any atom is 0.534 e. The number of nitrogens with zero attached hydrogens (tertiary/aromatic N) is 1. The fourth-order valence-corrected chi connectivity index (χ4v) is 6.81. The van der Waals surface area contributed by atoms with Gasteiger partial charge in [-0.15, -0.1) is 0 Å². The van der Waals surface area contributed by atoms with Crippen LogP contribution in [0.15, 0.2) is 0 Å². The van der Waals surface area contributed by atoms with Crippen LogP contribution < -0.4 is 0 Å². The molecule has 0 aliphatic carbocycles. The maximum absolute atomic E-state index is 11.3. The molecular formula is C5H16NO7P2S+. The summed E-state index contributed by atoms with van der Waals surface area (Å²) >= 11 is 0. The Morgan fingerprint density at radius 3 is 1.75 bits per heavy atom. The molecule has 0 amide bonds. The average molecular weight is 296 g/mol. The Kier molecular flexibility index (Phi) is 5.24. The summed E-state index contributed by atoms with van der Waals surface area (Å²) in [5, 5.41) is 0. The molecule has 0 fully saturated rings. The first-order chi connectivity index (χ1) is 6.75. The largest absolute Gasteiger partial charge is 0.608 e. The van der Waals surface area contributed by atoms with Crippen molar-refractivity contribution in [1.82, 2.24) is 0 Å². The Bertz CT molecular complexity index is 330. The SMILES string of the molecule is C[N+](C)(C)CC([S+]([O-])P(=O)(O)O)P(=O)(O)O. The highest BCUT2D eigenvalue weighted by Gasteiger charge is 2.51. The van der Waals surface area contributed by atoms with Crippen LogP contribution in [0.5, 0.6) is 0 Å². The van der Waals surface area contributed by atoms with Gasteiger partial charge in [-0.3, -0.25) is 14.4 Å². The zero-order valence-electron chi connectivity index (χ0n) is 9.05. The van der Waals surface area contributed by atoms with Gasteiger partial charge < -0.3 is 18.8 Å². The minimum Gasteiger partial charge on any atom is -0.608 e. The number of hydrogen-bond donors (Lipinski definition) is 4. The predicted octanol–water partition coefficient (Wildman–Crippen LogP) is -0.962. The van der Waals surface area contributed by atoms with Gasteiger partial charge in [0.15, 0.2) is 0 Å². The Morgan fingerprint density at radius 2 is 1.56 bits per heavy atom. The standard InChI is InChI=1S/C5H15NO7P2S/c1-6(2,3)4-5(14(7,8)9)16(13)15(10,11)12/h5H,4H2,1-3H3,(H3-,7,8,9,10,11,12)/p+1. The molecule has 2 atom stereocenters. The van der Waals surface area contributed by atoms with Crippen LogP contribution >= 0.6 is 14.4 Å². The number of hydrogen-bond acceptors (Lipinski definition) is 3. The summed E-state index contributed by atoms with van der Waals surface area (Å²) in [6.07, 6.45) is 0. The summed E-state index contributed by atoms with van der Waals surface area (Å²) in [4.78, 5) is 33.4. The Hall–Kier alpha value is 0.570. The van der Waals surface area contributed by atoms with Crippen LogP contribution in [0.1, 0.15) is 0 Å². The van der Waals surface area contributed by atoms with Crippen LogP contribution in [0, 0.1) is 0 Å². The van der Waals surface area contributed by atoms with Gasteiger partial charge in [0.2, 0.25) is 0 Å². The summed E-state index contributed by atoms with van der Waals surface area (Å²) in [5.41, 5.74) is 0. The van der Waals surface area contributed by atoms with E-state index in [0.717, 1.165) is 0 Å². The topological polar surface area (TPSA) is 138 Å². The molecule has 0 heterocycles. The van der Waals surface area contributed by atoms with E-state index in [4.69, 9.17) is 19.6 Å². The van der Waals surface area contributed by atoms with Gasteiger partial charge in [-0.05, 0) is 0 Å². The zero-order valence-corrected chi connectivity index (χ0v) is 11.7. The minimum atomic E-state index is -5.03. The van der Waals surface area contributed by atoms with Crippen LogP contribution in [0.2, 0.25) is 0 Å². The van der Waals surface area contributed by atoms with E-state index in [1.165, 1.54) is 0 Å². The van der Waals surface area contributed by atoms with Gasteiger partial charge in [-0.2, -0.15) is 0 Å². The van der Waals surface area contributed by atoms with Crippen LogP contribution in [0.3, 0.4) is 0 Å². The van der Waals surface area contributed by atoms with Crippen molar-refractivity contribution in [1.29, 1.82) is 0 Å². The number of quaternary nitrogens is 1. The lowest BCUT2D eigenvalue weighted by atomic mass is 10.6. The molecule has 0 aliphatic rings. The van der Waals surface area contributed by atoms with Gasteiger partial charge in [0.1, 0.15) is 6.54 Å². The average Bonchev–Trinajstić information content (AvgIpc) is 1.93. The second-order valence-corrected chi connectivity index (χ2v) is 11.0. The lowest BCUT2D eigenvalue weighted by Crippen LogP contribution is -2.44. The molecule has 0 saturated heterocycles. The number of rotatable bonds is 5. The molecule has 0 bridgehead atoms. The van der Waals surface area contributed by atoms with Crippen molar-refractivity contribution in [2.24, 2.45) is 0 Å². The van der Waals surface area contributed by atoms with Crippen LogP contribution in [-0.2, 0) is 19.9 Å². The van der Waals surface area contributed by atoms with E-state index >= 15 is 0 Å². The van der Waals surface area contributed by atoms with Gasteiger partial charge >= 0.3 is 14.4 Å². The molecule has 0 saturated carbocycles. The maximum atomic E-state index is 11.3. The van der Waals surface area contributed by atoms with Crippen molar-refractivity contribution in [3.63, 3.8) is 0 Å². The molecule has 0 radical (unpaired) electrons. The first-order valence-electron chi connectivity index (χ1n) is 4.07. The van der Waals surface area contributed by atoms with Gasteiger partial charge in [0, 0.05) is 0 Å². The first-order valence-corrected chi connectivity index (χ1v) is 9.19. The summed E-state index contributed by atoms with van der Waals surface area (Å²) < 4.78 is 33.2. The summed E-state index contributed by atoms with van der Waals surface area (Å²) in [6.45, 7) is -5.33. The van der Waals surface area contributed by atoms with E-state index in [1.54, 1.807) is 21.1 Å². The van der Waals surface area contributed by atoms with Crippen molar-refractivity contribution < 1.29 is 37.7 Å². The molecule has 11 heteroatoms. The quantitative estimate of drug-likeness (QED) is 0.291. The van der Waals surface area contributed by atoms with E-state index in [1.807, 2.05) is 0 Å². The van der Waals surface area contributed by atoms with E-state index in [0.29, 0.717) is 0 Å². The molecule has 98 valence electrons. The lowest BCUT2D eigenvalue weighted by Gasteiger charge is -2.29. The molecular weight excluding hydrogens is 280 g/mol. The molecule has 0 rings (SSSR count). The third-order valence-electron chi connectivity index (χ3n) is 1.55. The van der Waals surface area contributed by atoms with Crippen molar-refractivity contribution >= 4 is 25.2 Å². The molecule has 0 aliphatic heterocycles. The summed E-state index contributed by atoms with van der Waals surface area (Å²) in [5.74, 6) is 0. The van der Waals surface area contributed by atoms with Crippen molar-refractivity contribution in [3.8, 4) is 0 Å². The van der Waals surface area contributed by atoms with Gasteiger partial charge in [-0.25, -0.2) is 4.57 Å². The molecule has 4 N–H and O–H groups in total. The van der Waals surface area contributed by atoms with E-state index in [9.17, 15) is 13.7 Å². The molecule has 0 aromatic heterocycles. The van der Waals surface area contributed by atoms with E-state index in [2.05, 4.69) is 0 Å². The third-order valence-corrected chi connectivity index (χ3v) is 7.61. The lowest BCUT2D eigenvalue weighted by molar-refractivity contribution is -0.868.